The Hall–Kier alpha value is -2.74. The third-order valence-electron chi connectivity index (χ3n) is 3.71. The minimum Gasteiger partial charge on any atom is -0.497 e. The van der Waals surface area contributed by atoms with Gasteiger partial charge >= 0.3 is 5.69 Å². The van der Waals surface area contributed by atoms with E-state index < -0.39 is 4.92 Å². The number of benzene rings is 1. The molecule has 0 spiro atoms. The Kier molecular flexibility index (Phi) is 4.30. The van der Waals surface area contributed by atoms with E-state index in [1.165, 1.54) is 11.3 Å². The number of ether oxygens (including phenoxy) is 1. The van der Waals surface area contributed by atoms with E-state index in [4.69, 9.17) is 4.74 Å². The first-order chi connectivity index (χ1) is 11.5. The van der Waals surface area contributed by atoms with E-state index in [9.17, 15) is 10.1 Å². The summed E-state index contributed by atoms with van der Waals surface area (Å²) in [6.07, 6.45) is 0. The summed E-state index contributed by atoms with van der Waals surface area (Å²) in [4.78, 5) is 15.3. The van der Waals surface area contributed by atoms with Crippen LogP contribution in [0.15, 0.2) is 29.6 Å². The third-order valence-corrected chi connectivity index (χ3v) is 4.65. The summed E-state index contributed by atoms with van der Waals surface area (Å²) in [6.45, 7) is 3.75. The highest BCUT2D eigenvalue weighted by atomic mass is 32.1. The molecule has 0 unspecified atom stereocenters. The molecule has 124 valence electrons. The van der Waals surface area contributed by atoms with Gasteiger partial charge in [0, 0.05) is 10.9 Å². The van der Waals surface area contributed by atoms with Gasteiger partial charge in [0.25, 0.3) is 0 Å². The number of hydrogen-bond acceptors (Lipinski definition) is 6. The number of rotatable bonds is 5. The Morgan fingerprint density at radius 2 is 2.17 bits per heavy atom. The van der Waals surface area contributed by atoms with E-state index in [2.05, 4.69) is 10.1 Å². The van der Waals surface area contributed by atoms with E-state index in [0.717, 1.165) is 22.0 Å². The molecule has 0 bridgehead atoms. The molecular formula is C16H16N4O3S. The van der Waals surface area contributed by atoms with Crippen molar-refractivity contribution in [3.8, 4) is 16.3 Å². The van der Waals surface area contributed by atoms with E-state index in [1.54, 1.807) is 25.6 Å². The topological polar surface area (TPSA) is 83.1 Å². The monoisotopic (exact) mass is 344 g/mol. The standard InChI is InChI=1S/C16H16N4O3S/c1-10-15(20(21)22)11(2)19(18-10)8-13-9-24-16(17-13)12-5-4-6-14(7-12)23-3/h4-7,9H,8H2,1-3H3. The Bertz CT molecular complexity index is 901. The fourth-order valence-electron chi connectivity index (χ4n) is 2.53. The molecule has 0 aliphatic carbocycles. The van der Waals surface area contributed by atoms with E-state index in [0.29, 0.717) is 17.9 Å². The zero-order valence-electron chi connectivity index (χ0n) is 13.5. The van der Waals surface area contributed by atoms with E-state index in [-0.39, 0.29) is 5.69 Å². The molecule has 0 aliphatic heterocycles. The van der Waals surface area contributed by atoms with Crippen molar-refractivity contribution in [3.63, 3.8) is 0 Å². The average Bonchev–Trinajstić information content (AvgIpc) is 3.13. The quantitative estimate of drug-likeness (QED) is 0.522. The summed E-state index contributed by atoms with van der Waals surface area (Å²) in [5.41, 5.74) is 2.82. The molecule has 24 heavy (non-hydrogen) atoms. The maximum absolute atomic E-state index is 11.1. The fraction of sp³-hybridized carbons (Fsp3) is 0.250. The molecule has 0 aliphatic rings. The number of aryl methyl sites for hydroxylation is 1. The first kappa shape index (κ1) is 16.1. The van der Waals surface area contributed by atoms with Crippen LogP contribution in [-0.4, -0.2) is 26.8 Å². The second-order valence-corrected chi connectivity index (χ2v) is 6.17. The van der Waals surface area contributed by atoms with Gasteiger partial charge in [-0.25, -0.2) is 4.98 Å². The summed E-state index contributed by atoms with van der Waals surface area (Å²) in [6, 6.07) is 7.70. The van der Waals surface area contributed by atoms with Crippen molar-refractivity contribution in [2.24, 2.45) is 0 Å². The molecule has 3 rings (SSSR count). The van der Waals surface area contributed by atoms with Gasteiger partial charge in [-0.1, -0.05) is 12.1 Å². The van der Waals surface area contributed by atoms with Crippen LogP contribution >= 0.6 is 11.3 Å². The molecule has 2 aromatic heterocycles. The van der Waals surface area contributed by atoms with Crippen LogP contribution in [0.1, 0.15) is 17.1 Å². The van der Waals surface area contributed by atoms with Crippen LogP contribution in [0.4, 0.5) is 5.69 Å². The predicted octanol–water partition coefficient (Wildman–Crippen LogP) is 3.59. The van der Waals surface area contributed by atoms with Gasteiger partial charge in [-0.05, 0) is 26.0 Å². The summed E-state index contributed by atoms with van der Waals surface area (Å²) in [7, 11) is 1.63. The molecule has 1 aromatic carbocycles. The lowest BCUT2D eigenvalue weighted by Crippen LogP contribution is -2.04. The van der Waals surface area contributed by atoms with Gasteiger partial charge in [-0.15, -0.1) is 11.3 Å². The first-order valence-electron chi connectivity index (χ1n) is 7.27. The zero-order valence-corrected chi connectivity index (χ0v) is 14.3. The van der Waals surface area contributed by atoms with Crippen LogP contribution in [0.5, 0.6) is 5.75 Å². The molecule has 0 amide bonds. The third kappa shape index (κ3) is 3.00. The summed E-state index contributed by atoms with van der Waals surface area (Å²) in [5.74, 6) is 0.776. The SMILES string of the molecule is COc1cccc(-c2nc(Cn3nc(C)c([N+](=O)[O-])c3C)cs2)c1. The van der Waals surface area contributed by atoms with Crippen molar-refractivity contribution >= 4 is 17.0 Å². The molecule has 8 heteroatoms. The van der Waals surface area contributed by atoms with Gasteiger partial charge in [0.15, 0.2) is 0 Å². The van der Waals surface area contributed by atoms with Gasteiger partial charge in [-0.2, -0.15) is 5.10 Å². The molecule has 0 saturated heterocycles. The van der Waals surface area contributed by atoms with Crippen molar-refractivity contribution in [2.75, 3.05) is 7.11 Å². The Morgan fingerprint density at radius 3 is 2.83 bits per heavy atom. The molecule has 0 radical (unpaired) electrons. The smallest absolute Gasteiger partial charge is 0.312 e. The Morgan fingerprint density at radius 1 is 1.38 bits per heavy atom. The fourth-order valence-corrected chi connectivity index (χ4v) is 3.34. The van der Waals surface area contributed by atoms with Gasteiger partial charge < -0.3 is 4.74 Å². The van der Waals surface area contributed by atoms with Gasteiger partial charge in [0.2, 0.25) is 0 Å². The first-order valence-corrected chi connectivity index (χ1v) is 8.14. The second kappa shape index (κ2) is 6.40. The Labute approximate surface area is 142 Å². The van der Waals surface area contributed by atoms with Crippen LogP contribution in [0, 0.1) is 24.0 Å². The average molecular weight is 344 g/mol. The molecule has 0 N–H and O–H groups in total. The molecule has 0 fully saturated rings. The van der Waals surface area contributed by atoms with Crippen LogP contribution < -0.4 is 4.74 Å². The van der Waals surface area contributed by atoms with Gasteiger partial charge in [0.05, 0.1) is 24.3 Å². The van der Waals surface area contributed by atoms with Crippen LogP contribution in [0.25, 0.3) is 10.6 Å². The highest BCUT2D eigenvalue weighted by molar-refractivity contribution is 7.13. The minimum atomic E-state index is -0.392. The van der Waals surface area contributed by atoms with E-state index >= 15 is 0 Å². The molecule has 0 saturated carbocycles. The van der Waals surface area contributed by atoms with Crippen LogP contribution in [-0.2, 0) is 6.54 Å². The van der Waals surface area contributed by atoms with Crippen LogP contribution in [0.2, 0.25) is 0 Å². The summed E-state index contributed by atoms with van der Waals surface area (Å²) < 4.78 is 6.85. The summed E-state index contributed by atoms with van der Waals surface area (Å²) in [5, 5.41) is 18.2. The number of thiazole rings is 1. The summed E-state index contributed by atoms with van der Waals surface area (Å²) >= 11 is 1.52. The highest BCUT2D eigenvalue weighted by Crippen LogP contribution is 2.28. The highest BCUT2D eigenvalue weighted by Gasteiger charge is 2.22. The van der Waals surface area contributed by atoms with E-state index in [1.807, 2.05) is 29.6 Å². The van der Waals surface area contributed by atoms with Crippen molar-refractivity contribution < 1.29 is 9.66 Å². The molecule has 2 heterocycles. The number of methoxy groups -OCH3 is 1. The predicted molar refractivity (Wildman–Crippen MR) is 91.6 cm³/mol. The molecular weight excluding hydrogens is 328 g/mol. The second-order valence-electron chi connectivity index (χ2n) is 5.31. The van der Waals surface area contributed by atoms with Crippen molar-refractivity contribution in [1.82, 2.24) is 14.8 Å². The Balaban J connectivity index is 1.87. The molecule has 0 atom stereocenters. The lowest BCUT2D eigenvalue weighted by molar-refractivity contribution is -0.386. The van der Waals surface area contributed by atoms with Crippen molar-refractivity contribution in [1.29, 1.82) is 0 Å². The van der Waals surface area contributed by atoms with Crippen molar-refractivity contribution in [3.05, 3.63) is 56.8 Å². The molecule has 3 aromatic rings. The van der Waals surface area contributed by atoms with Gasteiger partial charge in [-0.3, -0.25) is 14.8 Å². The zero-order chi connectivity index (χ0) is 17.3. The van der Waals surface area contributed by atoms with Crippen LogP contribution in [0.3, 0.4) is 0 Å². The van der Waals surface area contributed by atoms with Gasteiger partial charge in [0.1, 0.15) is 22.1 Å². The maximum Gasteiger partial charge on any atom is 0.312 e. The minimum absolute atomic E-state index is 0.0678. The lowest BCUT2D eigenvalue weighted by Gasteiger charge is -2.02. The maximum atomic E-state index is 11.1. The number of nitro groups is 1. The molecule has 7 nitrogen and oxygen atoms in total. The lowest BCUT2D eigenvalue weighted by atomic mass is 10.2. The number of aromatic nitrogens is 3. The number of nitrogens with zero attached hydrogens (tertiary/aromatic N) is 4. The normalized spacial score (nSPS) is 10.8. The largest absolute Gasteiger partial charge is 0.497 e. The van der Waals surface area contributed by atoms with Crippen molar-refractivity contribution in [2.45, 2.75) is 20.4 Å². The number of hydrogen-bond donors (Lipinski definition) is 0.